The van der Waals surface area contributed by atoms with Gasteiger partial charge in [0.05, 0.1) is 6.10 Å². The van der Waals surface area contributed by atoms with Crippen LogP contribution < -0.4 is 0 Å². The van der Waals surface area contributed by atoms with Crippen molar-refractivity contribution in [1.29, 1.82) is 0 Å². The molecular weight excluding hydrogens is 206 g/mol. The highest BCUT2D eigenvalue weighted by Crippen LogP contribution is 2.18. The first-order valence-electron chi connectivity index (χ1n) is 5.48. The summed E-state index contributed by atoms with van der Waals surface area (Å²) < 4.78 is 0. The molecule has 2 rings (SSSR count). The number of rotatable bonds is 3. The van der Waals surface area contributed by atoms with Crippen LogP contribution in [0.1, 0.15) is 11.4 Å². The molecule has 0 bridgehead atoms. The van der Waals surface area contributed by atoms with E-state index < -0.39 is 6.10 Å². The quantitative estimate of drug-likeness (QED) is 0.727. The highest BCUT2D eigenvalue weighted by Gasteiger charge is 2.30. The van der Waals surface area contributed by atoms with Crippen molar-refractivity contribution < 1.29 is 10.2 Å². The summed E-state index contributed by atoms with van der Waals surface area (Å²) in [6.07, 6.45) is 3.19. The van der Waals surface area contributed by atoms with Gasteiger partial charge in [-0.15, -0.1) is 0 Å². The fourth-order valence-electron chi connectivity index (χ4n) is 2.01. The van der Waals surface area contributed by atoms with Crippen LogP contribution in [-0.2, 0) is 6.54 Å². The number of aromatic nitrogens is 2. The van der Waals surface area contributed by atoms with Crippen LogP contribution in [0.25, 0.3) is 0 Å². The summed E-state index contributed by atoms with van der Waals surface area (Å²) in [6.45, 7) is 3.96. The van der Waals surface area contributed by atoms with E-state index in [2.05, 4.69) is 14.9 Å². The van der Waals surface area contributed by atoms with Crippen molar-refractivity contribution in [3.8, 4) is 0 Å². The molecule has 5 heteroatoms. The summed E-state index contributed by atoms with van der Waals surface area (Å²) in [7, 11) is 0. The van der Waals surface area contributed by atoms with Gasteiger partial charge in [0.15, 0.2) is 0 Å². The van der Waals surface area contributed by atoms with Crippen LogP contribution in [0.3, 0.4) is 0 Å². The maximum Gasteiger partial charge on any atom is 0.125 e. The van der Waals surface area contributed by atoms with Gasteiger partial charge < -0.3 is 10.2 Å². The van der Waals surface area contributed by atoms with E-state index in [0.717, 1.165) is 24.5 Å². The summed E-state index contributed by atoms with van der Waals surface area (Å²) >= 11 is 0. The van der Waals surface area contributed by atoms with E-state index in [1.807, 2.05) is 6.92 Å². The number of hydrogen-bond acceptors (Lipinski definition) is 5. The highest BCUT2D eigenvalue weighted by molar-refractivity contribution is 5.05. The first kappa shape index (κ1) is 11.4. The zero-order valence-corrected chi connectivity index (χ0v) is 9.37. The van der Waals surface area contributed by atoms with Gasteiger partial charge in [0, 0.05) is 50.1 Å². The molecule has 1 fully saturated rings. The minimum Gasteiger partial charge on any atom is -0.396 e. The fraction of sp³-hybridized carbons (Fsp3) is 0.636. The zero-order valence-electron chi connectivity index (χ0n) is 9.37. The van der Waals surface area contributed by atoms with Crippen molar-refractivity contribution in [1.82, 2.24) is 14.9 Å². The molecule has 0 saturated carbocycles. The SMILES string of the molecule is Cc1ncc(CN2CC(O)C(CO)C2)cn1. The lowest BCUT2D eigenvalue weighted by atomic mass is 10.1. The van der Waals surface area contributed by atoms with Crippen LogP contribution in [0.4, 0.5) is 0 Å². The molecule has 0 amide bonds. The van der Waals surface area contributed by atoms with Gasteiger partial charge in [-0.3, -0.25) is 4.90 Å². The molecular formula is C11H17N3O2. The topological polar surface area (TPSA) is 69.5 Å². The van der Waals surface area contributed by atoms with Gasteiger partial charge in [0.25, 0.3) is 0 Å². The van der Waals surface area contributed by atoms with Crippen molar-refractivity contribution in [2.24, 2.45) is 5.92 Å². The Balaban J connectivity index is 1.94. The lowest BCUT2D eigenvalue weighted by molar-refractivity contribution is 0.103. The Morgan fingerprint density at radius 3 is 2.62 bits per heavy atom. The second-order valence-corrected chi connectivity index (χ2v) is 4.34. The fourth-order valence-corrected chi connectivity index (χ4v) is 2.01. The van der Waals surface area contributed by atoms with Crippen LogP contribution in [0.5, 0.6) is 0 Å². The first-order valence-corrected chi connectivity index (χ1v) is 5.48. The molecule has 1 aromatic heterocycles. The van der Waals surface area contributed by atoms with Crippen molar-refractivity contribution in [3.05, 3.63) is 23.8 Å². The zero-order chi connectivity index (χ0) is 11.5. The number of likely N-dealkylation sites (tertiary alicyclic amines) is 1. The van der Waals surface area contributed by atoms with Gasteiger partial charge in [-0.05, 0) is 6.92 Å². The number of β-amino-alcohol motifs (C(OH)–C–C–N with tert-alkyl or cyclic N) is 1. The molecule has 2 atom stereocenters. The Kier molecular flexibility index (Phi) is 3.48. The van der Waals surface area contributed by atoms with Crippen molar-refractivity contribution >= 4 is 0 Å². The average molecular weight is 223 g/mol. The average Bonchev–Trinajstić information content (AvgIpc) is 2.62. The molecule has 2 heterocycles. The Bertz CT molecular complexity index is 342. The molecule has 16 heavy (non-hydrogen) atoms. The molecule has 0 aliphatic carbocycles. The molecule has 5 nitrogen and oxygen atoms in total. The number of hydrogen-bond donors (Lipinski definition) is 2. The summed E-state index contributed by atoms with van der Waals surface area (Å²) in [5.41, 5.74) is 1.04. The van der Waals surface area contributed by atoms with E-state index in [0.29, 0.717) is 6.54 Å². The largest absolute Gasteiger partial charge is 0.396 e. The summed E-state index contributed by atoms with van der Waals surface area (Å²) in [5, 5.41) is 18.7. The molecule has 0 radical (unpaired) electrons. The third kappa shape index (κ3) is 2.55. The molecule has 1 aromatic rings. The molecule has 1 aliphatic heterocycles. The summed E-state index contributed by atoms with van der Waals surface area (Å²) in [5.74, 6) is 0.741. The van der Waals surface area contributed by atoms with E-state index in [-0.39, 0.29) is 12.5 Å². The predicted molar refractivity (Wildman–Crippen MR) is 58.6 cm³/mol. The van der Waals surface area contributed by atoms with E-state index >= 15 is 0 Å². The van der Waals surface area contributed by atoms with Gasteiger partial charge in [-0.25, -0.2) is 9.97 Å². The summed E-state index contributed by atoms with van der Waals surface area (Å²) in [4.78, 5) is 10.4. The van der Waals surface area contributed by atoms with Gasteiger partial charge in [-0.1, -0.05) is 0 Å². The minimum absolute atomic E-state index is 0.0219. The Morgan fingerprint density at radius 1 is 1.38 bits per heavy atom. The van der Waals surface area contributed by atoms with Gasteiger partial charge >= 0.3 is 0 Å². The van der Waals surface area contributed by atoms with E-state index in [1.165, 1.54) is 0 Å². The Labute approximate surface area is 94.8 Å². The van der Waals surface area contributed by atoms with Crippen LogP contribution in [0, 0.1) is 12.8 Å². The standard InChI is InChI=1S/C11H17N3O2/c1-8-12-2-9(3-13-8)4-14-5-10(7-15)11(16)6-14/h2-3,10-11,15-16H,4-7H2,1H3. The van der Waals surface area contributed by atoms with Gasteiger partial charge in [0.2, 0.25) is 0 Å². The van der Waals surface area contributed by atoms with Gasteiger partial charge in [0.1, 0.15) is 5.82 Å². The Hall–Kier alpha value is -1.04. The van der Waals surface area contributed by atoms with Crippen LogP contribution in [-0.4, -0.2) is 50.9 Å². The molecule has 0 aromatic carbocycles. The van der Waals surface area contributed by atoms with Crippen molar-refractivity contribution in [2.45, 2.75) is 19.6 Å². The van der Waals surface area contributed by atoms with Crippen LogP contribution >= 0.6 is 0 Å². The third-order valence-electron chi connectivity index (χ3n) is 2.96. The molecule has 0 spiro atoms. The van der Waals surface area contributed by atoms with Crippen LogP contribution in [0.2, 0.25) is 0 Å². The Morgan fingerprint density at radius 2 is 2.06 bits per heavy atom. The number of aliphatic hydroxyl groups excluding tert-OH is 2. The lowest BCUT2D eigenvalue weighted by Crippen LogP contribution is -2.21. The smallest absolute Gasteiger partial charge is 0.125 e. The van der Waals surface area contributed by atoms with E-state index in [4.69, 9.17) is 5.11 Å². The maximum atomic E-state index is 9.65. The van der Waals surface area contributed by atoms with E-state index in [9.17, 15) is 5.11 Å². The number of aryl methyl sites for hydroxylation is 1. The molecule has 2 unspecified atom stereocenters. The van der Waals surface area contributed by atoms with Crippen molar-refractivity contribution in [2.75, 3.05) is 19.7 Å². The molecule has 1 saturated heterocycles. The van der Waals surface area contributed by atoms with Gasteiger partial charge in [-0.2, -0.15) is 0 Å². The molecule has 2 N–H and O–H groups in total. The molecule has 1 aliphatic rings. The number of nitrogens with zero attached hydrogens (tertiary/aromatic N) is 3. The normalized spacial score (nSPS) is 26.2. The number of aliphatic hydroxyl groups is 2. The third-order valence-corrected chi connectivity index (χ3v) is 2.96. The molecule has 88 valence electrons. The summed E-state index contributed by atoms with van der Waals surface area (Å²) in [6, 6.07) is 0. The van der Waals surface area contributed by atoms with Crippen molar-refractivity contribution in [3.63, 3.8) is 0 Å². The second kappa shape index (κ2) is 4.86. The predicted octanol–water partition coefficient (Wildman–Crippen LogP) is -0.430. The maximum absolute atomic E-state index is 9.65. The lowest BCUT2D eigenvalue weighted by Gasteiger charge is -2.14. The van der Waals surface area contributed by atoms with E-state index in [1.54, 1.807) is 12.4 Å². The first-order chi connectivity index (χ1) is 7.69. The van der Waals surface area contributed by atoms with Crippen LogP contribution in [0.15, 0.2) is 12.4 Å². The second-order valence-electron chi connectivity index (χ2n) is 4.34. The minimum atomic E-state index is -0.420. The monoisotopic (exact) mass is 223 g/mol. The highest BCUT2D eigenvalue weighted by atomic mass is 16.3.